The molecule has 0 bridgehead atoms. The van der Waals surface area contributed by atoms with Crippen LogP contribution in [0, 0.1) is 0 Å². The highest BCUT2D eigenvalue weighted by Gasteiger charge is 2.21. The summed E-state index contributed by atoms with van der Waals surface area (Å²) in [5.74, 6) is 1.80. The van der Waals surface area contributed by atoms with Crippen molar-refractivity contribution in [3.63, 3.8) is 0 Å². The van der Waals surface area contributed by atoms with Gasteiger partial charge in [0.15, 0.2) is 0 Å². The topological polar surface area (TPSA) is 41.0 Å². The van der Waals surface area contributed by atoms with Gasteiger partial charge in [-0.15, -0.1) is 0 Å². The van der Waals surface area contributed by atoms with E-state index in [2.05, 4.69) is 63.9 Å². The molecule has 2 heterocycles. The van der Waals surface area contributed by atoms with Gasteiger partial charge >= 0.3 is 0 Å². The summed E-state index contributed by atoms with van der Waals surface area (Å²) in [6.45, 7) is 8.70. The van der Waals surface area contributed by atoms with Crippen LogP contribution >= 0.6 is 15.9 Å². The lowest BCUT2D eigenvalue weighted by atomic mass is 9.96. The zero-order chi connectivity index (χ0) is 14.0. The Morgan fingerprint density at radius 3 is 2.47 bits per heavy atom. The van der Waals surface area contributed by atoms with Crippen molar-refractivity contribution in [2.45, 2.75) is 45.1 Å². The second kappa shape index (κ2) is 5.75. The summed E-state index contributed by atoms with van der Waals surface area (Å²) in [5, 5.41) is 3.55. The average molecular weight is 327 g/mol. The Kier molecular flexibility index (Phi) is 4.46. The fourth-order valence-corrected chi connectivity index (χ4v) is 2.57. The molecule has 1 aliphatic rings. The highest BCUT2D eigenvalue weighted by molar-refractivity contribution is 9.10. The van der Waals surface area contributed by atoms with E-state index in [4.69, 9.17) is 0 Å². The van der Waals surface area contributed by atoms with Crippen LogP contribution in [0.25, 0.3) is 0 Å². The van der Waals surface area contributed by atoms with Crippen molar-refractivity contribution in [1.29, 1.82) is 0 Å². The molecule has 0 saturated carbocycles. The summed E-state index contributed by atoms with van der Waals surface area (Å²) < 4.78 is 0.850. The fourth-order valence-electron chi connectivity index (χ4n) is 2.19. The molecule has 4 nitrogen and oxygen atoms in total. The van der Waals surface area contributed by atoms with Crippen molar-refractivity contribution in [2.75, 3.05) is 25.5 Å². The average Bonchev–Trinajstić information content (AvgIpc) is 2.30. The molecule has 1 fully saturated rings. The first kappa shape index (κ1) is 14.7. The van der Waals surface area contributed by atoms with Gasteiger partial charge in [-0.1, -0.05) is 20.8 Å². The maximum absolute atomic E-state index is 4.65. The molecule has 0 aromatic carbocycles. The SMILES string of the molecule is CN1CCC(Nc2cc(Br)nc(C(C)(C)C)n2)CC1. The van der Waals surface area contributed by atoms with Gasteiger partial charge in [-0.05, 0) is 48.9 Å². The summed E-state index contributed by atoms with van der Waals surface area (Å²) >= 11 is 3.48. The third-order valence-corrected chi connectivity index (χ3v) is 3.84. The molecule has 5 heteroatoms. The molecule has 1 aromatic heterocycles. The van der Waals surface area contributed by atoms with Crippen molar-refractivity contribution in [2.24, 2.45) is 0 Å². The Bertz CT molecular complexity index is 434. The van der Waals surface area contributed by atoms with E-state index in [1.54, 1.807) is 0 Å². The van der Waals surface area contributed by atoms with E-state index >= 15 is 0 Å². The molecule has 1 N–H and O–H groups in total. The van der Waals surface area contributed by atoms with E-state index in [-0.39, 0.29) is 5.41 Å². The summed E-state index contributed by atoms with van der Waals surface area (Å²) in [5.41, 5.74) is -0.0347. The van der Waals surface area contributed by atoms with Gasteiger partial charge in [0, 0.05) is 17.5 Å². The van der Waals surface area contributed by atoms with Crippen molar-refractivity contribution >= 4 is 21.7 Å². The van der Waals surface area contributed by atoms with Crippen LogP contribution in [0.5, 0.6) is 0 Å². The number of hydrogen-bond donors (Lipinski definition) is 1. The fraction of sp³-hybridized carbons (Fsp3) is 0.714. The van der Waals surface area contributed by atoms with E-state index in [1.807, 2.05) is 6.07 Å². The molecule has 0 spiro atoms. The van der Waals surface area contributed by atoms with E-state index in [0.717, 1.165) is 29.3 Å². The lowest BCUT2D eigenvalue weighted by molar-refractivity contribution is 0.263. The molecule has 1 aromatic rings. The Morgan fingerprint density at radius 1 is 1.26 bits per heavy atom. The van der Waals surface area contributed by atoms with Crippen LogP contribution in [0.1, 0.15) is 39.4 Å². The number of nitrogens with zero attached hydrogens (tertiary/aromatic N) is 3. The van der Waals surface area contributed by atoms with Crippen molar-refractivity contribution in [3.8, 4) is 0 Å². The van der Waals surface area contributed by atoms with Crippen molar-refractivity contribution < 1.29 is 0 Å². The predicted octanol–water partition coefficient (Wildman–Crippen LogP) is 3.04. The minimum atomic E-state index is -0.0347. The maximum Gasteiger partial charge on any atom is 0.137 e. The van der Waals surface area contributed by atoms with Gasteiger partial charge in [0.25, 0.3) is 0 Å². The number of piperidine rings is 1. The Labute approximate surface area is 124 Å². The number of hydrogen-bond acceptors (Lipinski definition) is 4. The molecule has 1 aliphatic heterocycles. The number of aromatic nitrogens is 2. The van der Waals surface area contributed by atoms with E-state index in [9.17, 15) is 0 Å². The molecular weight excluding hydrogens is 304 g/mol. The molecule has 0 radical (unpaired) electrons. The minimum Gasteiger partial charge on any atom is -0.367 e. The number of anilines is 1. The van der Waals surface area contributed by atoms with Gasteiger partial charge in [0.05, 0.1) is 0 Å². The lowest BCUT2D eigenvalue weighted by Crippen LogP contribution is -2.37. The molecule has 0 amide bonds. The number of likely N-dealkylation sites (tertiary alicyclic amines) is 1. The summed E-state index contributed by atoms with van der Waals surface area (Å²) in [6.07, 6.45) is 2.34. The van der Waals surface area contributed by atoms with Gasteiger partial charge < -0.3 is 10.2 Å². The lowest BCUT2D eigenvalue weighted by Gasteiger charge is -2.30. The number of halogens is 1. The Hall–Kier alpha value is -0.680. The zero-order valence-corrected chi connectivity index (χ0v) is 13.8. The molecule has 0 unspecified atom stereocenters. The van der Waals surface area contributed by atoms with Crippen LogP contribution in [-0.4, -0.2) is 41.0 Å². The third kappa shape index (κ3) is 4.14. The first-order chi connectivity index (χ1) is 8.84. The van der Waals surface area contributed by atoms with Crippen LogP contribution in [0.4, 0.5) is 5.82 Å². The minimum absolute atomic E-state index is 0.0347. The van der Waals surface area contributed by atoms with E-state index in [1.165, 1.54) is 12.8 Å². The zero-order valence-electron chi connectivity index (χ0n) is 12.2. The van der Waals surface area contributed by atoms with Gasteiger partial charge in [0.1, 0.15) is 16.2 Å². The largest absolute Gasteiger partial charge is 0.367 e. The summed E-state index contributed by atoms with van der Waals surface area (Å²) in [6, 6.07) is 2.49. The molecule has 2 rings (SSSR count). The van der Waals surface area contributed by atoms with E-state index in [0.29, 0.717) is 6.04 Å². The quantitative estimate of drug-likeness (QED) is 0.848. The second-order valence-electron chi connectivity index (χ2n) is 6.37. The predicted molar refractivity (Wildman–Crippen MR) is 82.6 cm³/mol. The van der Waals surface area contributed by atoms with Gasteiger partial charge in [-0.25, -0.2) is 9.97 Å². The first-order valence-electron chi connectivity index (χ1n) is 6.85. The molecule has 0 atom stereocenters. The van der Waals surface area contributed by atoms with Gasteiger partial charge in [-0.2, -0.15) is 0 Å². The Balaban J connectivity index is 2.10. The molecular formula is C14H23BrN4. The number of rotatable bonds is 2. The molecule has 106 valence electrons. The summed E-state index contributed by atoms with van der Waals surface area (Å²) in [4.78, 5) is 11.5. The van der Waals surface area contributed by atoms with Gasteiger partial charge in [0.2, 0.25) is 0 Å². The molecule has 19 heavy (non-hydrogen) atoms. The van der Waals surface area contributed by atoms with Gasteiger partial charge in [-0.3, -0.25) is 0 Å². The second-order valence-corrected chi connectivity index (χ2v) is 7.18. The summed E-state index contributed by atoms with van der Waals surface area (Å²) in [7, 11) is 2.18. The van der Waals surface area contributed by atoms with Crippen LogP contribution in [0.2, 0.25) is 0 Å². The molecule has 0 aliphatic carbocycles. The molecule has 1 saturated heterocycles. The van der Waals surface area contributed by atoms with E-state index < -0.39 is 0 Å². The van der Waals surface area contributed by atoms with Crippen LogP contribution in [0.3, 0.4) is 0 Å². The first-order valence-corrected chi connectivity index (χ1v) is 7.64. The van der Waals surface area contributed by atoms with Crippen molar-refractivity contribution in [1.82, 2.24) is 14.9 Å². The normalized spacial score (nSPS) is 18.6. The standard InChI is InChI=1S/C14H23BrN4/c1-14(2,3)13-17-11(15)9-12(18-13)16-10-5-7-19(4)8-6-10/h9-10H,5-8H2,1-4H3,(H,16,17,18). The Morgan fingerprint density at radius 2 is 1.89 bits per heavy atom. The van der Waals surface area contributed by atoms with Crippen molar-refractivity contribution in [3.05, 3.63) is 16.5 Å². The maximum atomic E-state index is 4.65. The highest BCUT2D eigenvalue weighted by Crippen LogP contribution is 2.23. The highest BCUT2D eigenvalue weighted by atomic mass is 79.9. The van der Waals surface area contributed by atoms with Crippen LogP contribution < -0.4 is 5.32 Å². The third-order valence-electron chi connectivity index (χ3n) is 3.44. The number of nitrogens with one attached hydrogen (secondary N) is 1. The smallest absolute Gasteiger partial charge is 0.137 e. The van der Waals surface area contributed by atoms with Crippen LogP contribution in [-0.2, 0) is 5.41 Å². The van der Waals surface area contributed by atoms with Crippen LogP contribution in [0.15, 0.2) is 10.7 Å². The monoisotopic (exact) mass is 326 g/mol.